The Morgan fingerprint density at radius 3 is 2.69 bits per heavy atom. The Morgan fingerprint density at radius 1 is 1.38 bits per heavy atom. The number of hydrogen-bond donors (Lipinski definition) is 0. The maximum Gasteiger partial charge on any atom is 0.344 e. The fourth-order valence-electron chi connectivity index (χ4n) is 0.954. The summed E-state index contributed by atoms with van der Waals surface area (Å²) in [7, 11) is 0. The lowest BCUT2D eigenvalue weighted by atomic mass is 10.3. The van der Waals surface area contributed by atoms with Crippen molar-refractivity contribution in [3.05, 3.63) is 26.7 Å². The second kappa shape index (κ2) is 6.33. The van der Waals surface area contributed by atoms with E-state index in [0.29, 0.717) is 26.9 Å². The first-order chi connectivity index (χ1) is 7.54. The molecule has 0 atom stereocenters. The van der Waals surface area contributed by atoms with Crippen LogP contribution in [0.25, 0.3) is 0 Å². The van der Waals surface area contributed by atoms with E-state index in [1.54, 1.807) is 13.0 Å². The van der Waals surface area contributed by atoms with Crippen molar-refractivity contribution in [1.29, 1.82) is 0 Å². The highest BCUT2D eigenvalue weighted by Gasteiger charge is 2.09. The van der Waals surface area contributed by atoms with Crippen molar-refractivity contribution in [2.24, 2.45) is 0 Å². The van der Waals surface area contributed by atoms with Crippen molar-refractivity contribution in [3.8, 4) is 5.75 Å². The minimum atomic E-state index is -0.447. The Kier molecular flexibility index (Phi) is 5.38. The van der Waals surface area contributed by atoms with E-state index in [0.717, 1.165) is 0 Å². The van der Waals surface area contributed by atoms with Crippen molar-refractivity contribution in [2.45, 2.75) is 6.92 Å². The predicted octanol–water partition coefficient (Wildman–Crippen LogP) is 3.70. The van der Waals surface area contributed by atoms with Crippen LogP contribution in [0, 0.1) is 0 Å². The highest BCUT2D eigenvalue weighted by molar-refractivity contribution is 9.10. The summed E-state index contributed by atoms with van der Waals surface area (Å²) in [4.78, 5) is 11.0. The number of carbonyl (C=O) groups is 1. The van der Waals surface area contributed by atoms with Gasteiger partial charge in [0.05, 0.1) is 16.7 Å². The number of benzene rings is 1. The second-order valence-electron chi connectivity index (χ2n) is 2.79. The van der Waals surface area contributed by atoms with Crippen molar-refractivity contribution in [1.82, 2.24) is 0 Å². The molecule has 0 aliphatic rings. The minimum Gasteiger partial charge on any atom is -0.480 e. The van der Waals surface area contributed by atoms with Gasteiger partial charge in [0, 0.05) is 10.5 Å². The number of hydrogen-bond acceptors (Lipinski definition) is 3. The summed E-state index contributed by atoms with van der Waals surface area (Å²) >= 11 is 15.0. The SMILES string of the molecule is CCOC(=O)COc1cc(Cl)c(Br)cc1Cl. The van der Waals surface area contributed by atoms with Crippen LogP contribution in [0.1, 0.15) is 6.92 Å². The number of halogens is 3. The Hall–Kier alpha value is -0.450. The zero-order valence-corrected chi connectivity index (χ0v) is 11.5. The molecular formula is C10H9BrCl2O3. The molecule has 0 bridgehead atoms. The van der Waals surface area contributed by atoms with Crippen LogP contribution >= 0.6 is 39.1 Å². The molecule has 0 spiro atoms. The maximum absolute atomic E-state index is 11.0. The summed E-state index contributed by atoms with van der Waals surface area (Å²) in [5, 5.41) is 0.837. The van der Waals surface area contributed by atoms with Gasteiger partial charge in [0.25, 0.3) is 0 Å². The van der Waals surface area contributed by atoms with Crippen molar-refractivity contribution in [2.75, 3.05) is 13.2 Å². The average Bonchev–Trinajstić information content (AvgIpc) is 2.22. The van der Waals surface area contributed by atoms with Crippen molar-refractivity contribution >= 4 is 45.1 Å². The van der Waals surface area contributed by atoms with E-state index in [-0.39, 0.29) is 6.61 Å². The standard InChI is InChI=1S/C10H9BrCl2O3/c1-2-15-10(14)5-16-9-4-7(12)6(11)3-8(9)13/h3-4H,2,5H2,1H3. The molecule has 1 rings (SSSR count). The third-order valence-electron chi connectivity index (χ3n) is 1.63. The molecule has 0 N–H and O–H groups in total. The summed E-state index contributed by atoms with van der Waals surface area (Å²) in [5.41, 5.74) is 0. The number of ether oxygens (including phenoxy) is 2. The van der Waals surface area contributed by atoms with Gasteiger partial charge >= 0.3 is 5.97 Å². The summed E-state index contributed by atoms with van der Waals surface area (Å²) in [6, 6.07) is 3.14. The largest absolute Gasteiger partial charge is 0.480 e. The van der Waals surface area contributed by atoms with Crippen LogP contribution in [0.5, 0.6) is 5.75 Å². The van der Waals surface area contributed by atoms with Gasteiger partial charge in [-0.2, -0.15) is 0 Å². The molecule has 0 radical (unpaired) electrons. The van der Waals surface area contributed by atoms with Gasteiger partial charge in [-0.15, -0.1) is 0 Å². The van der Waals surface area contributed by atoms with E-state index >= 15 is 0 Å². The summed E-state index contributed by atoms with van der Waals surface area (Å²) in [5.74, 6) is -0.0967. The van der Waals surface area contributed by atoms with Gasteiger partial charge in [0.2, 0.25) is 0 Å². The lowest BCUT2D eigenvalue weighted by molar-refractivity contribution is -0.145. The Morgan fingerprint density at radius 2 is 2.06 bits per heavy atom. The van der Waals surface area contributed by atoms with Gasteiger partial charge in [-0.05, 0) is 28.9 Å². The van der Waals surface area contributed by atoms with Crippen LogP contribution in [0.4, 0.5) is 0 Å². The van der Waals surface area contributed by atoms with Gasteiger partial charge in [0.1, 0.15) is 5.75 Å². The van der Waals surface area contributed by atoms with Gasteiger partial charge in [0.15, 0.2) is 6.61 Å². The molecule has 88 valence electrons. The lowest BCUT2D eigenvalue weighted by Gasteiger charge is -2.08. The van der Waals surface area contributed by atoms with Gasteiger partial charge < -0.3 is 9.47 Å². The van der Waals surface area contributed by atoms with E-state index < -0.39 is 5.97 Å². The number of carbonyl (C=O) groups excluding carboxylic acids is 1. The van der Waals surface area contributed by atoms with E-state index in [1.807, 2.05) is 0 Å². The first kappa shape index (κ1) is 13.6. The highest BCUT2D eigenvalue weighted by atomic mass is 79.9. The highest BCUT2D eigenvalue weighted by Crippen LogP contribution is 2.33. The molecule has 0 saturated carbocycles. The van der Waals surface area contributed by atoms with Crippen LogP contribution in [0.15, 0.2) is 16.6 Å². The smallest absolute Gasteiger partial charge is 0.344 e. The molecule has 0 aliphatic carbocycles. The fourth-order valence-corrected chi connectivity index (χ4v) is 1.80. The summed E-state index contributed by atoms with van der Waals surface area (Å²) < 4.78 is 10.6. The van der Waals surface area contributed by atoms with Crippen LogP contribution in [-0.4, -0.2) is 19.2 Å². The fraction of sp³-hybridized carbons (Fsp3) is 0.300. The van der Waals surface area contributed by atoms with Crippen LogP contribution in [0.3, 0.4) is 0 Å². The number of esters is 1. The molecule has 0 unspecified atom stereocenters. The summed E-state index contributed by atoms with van der Waals surface area (Å²) in [6.45, 7) is 1.85. The minimum absolute atomic E-state index is 0.189. The molecule has 0 heterocycles. The Bertz CT molecular complexity index is 396. The van der Waals surface area contributed by atoms with Crippen LogP contribution in [0.2, 0.25) is 10.0 Å². The predicted molar refractivity (Wildman–Crippen MR) is 66.3 cm³/mol. The van der Waals surface area contributed by atoms with Crippen LogP contribution in [-0.2, 0) is 9.53 Å². The van der Waals surface area contributed by atoms with Gasteiger partial charge in [-0.1, -0.05) is 23.2 Å². The van der Waals surface area contributed by atoms with Gasteiger partial charge in [-0.25, -0.2) is 4.79 Å². The third kappa shape index (κ3) is 3.85. The maximum atomic E-state index is 11.0. The molecule has 0 amide bonds. The zero-order chi connectivity index (χ0) is 12.1. The first-order valence-corrected chi connectivity index (χ1v) is 6.02. The Balaban J connectivity index is 2.67. The molecular weight excluding hydrogens is 319 g/mol. The molecule has 1 aromatic rings. The third-order valence-corrected chi connectivity index (χ3v) is 3.12. The van der Waals surface area contributed by atoms with E-state index in [9.17, 15) is 4.79 Å². The first-order valence-electron chi connectivity index (χ1n) is 4.47. The van der Waals surface area contributed by atoms with E-state index in [4.69, 9.17) is 32.7 Å². The molecule has 16 heavy (non-hydrogen) atoms. The van der Waals surface area contributed by atoms with Crippen LogP contribution < -0.4 is 4.74 Å². The van der Waals surface area contributed by atoms with Gasteiger partial charge in [-0.3, -0.25) is 0 Å². The van der Waals surface area contributed by atoms with E-state index in [2.05, 4.69) is 15.9 Å². The second-order valence-corrected chi connectivity index (χ2v) is 4.46. The van der Waals surface area contributed by atoms with E-state index in [1.165, 1.54) is 6.07 Å². The molecule has 0 fully saturated rings. The molecule has 0 aliphatic heterocycles. The monoisotopic (exact) mass is 326 g/mol. The van der Waals surface area contributed by atoms with Crippen molar-refractivity contribution < 1.29 is 14.3 Å². The lowest BCUT2D eigenvalue weighted by Crippen LogP contribution is -2.14. The summed E-state index contributed by atoms with van der Waals surface area (Å²) in [6.07, 6.45) is 0. The number of rotatable bonds is 4. The molecule has 0 aromatic heterocycles. The zero-order valence-electron chi connectivity index (χ0n) is 8.43. The van der Waals surface area contributed by atoms with Crippen molar-refractivity contribution in [3.63, 3.8) is 0 Å². The topological polar surface area (TPSA) is 35.5 Å². The molecule has 1 aromatic carbocycles. The molecule has 0 saturated heterocycles. The molecule has 6 heteroatoms. The molecule has 3 nitrogen and oxygen atoms in total. The normalized spacial score (nSPS) is 10.0. The average molecular weight is 328 g/mol. The quantitative estimate of drug-likeness (QED) is 0.625. The Labute approximate surface area is 112 Å².